The van der Waals surface area contributed by atoms with Gasteiger partial charge in [-0.15, -0.1) is 0 Å². The lowest BCUT2D eigenvalue weighted by Crippen LogP contribution is -2.36. The van der Waals surface area contributed by atoms with E-state index >= 15 is 0 Å². The van der Waals surface area contributed by atoms with Crippen LogP contribution in [-0.4, -0.2) is 48.4 Å². The van der Waals surface area contributed by atoms with Gasteiger partial charge in [-0.1, -0.05) is 18.2 Å². The van der Waals surface area contributed by atoms with Gasteiger partial charge in [-0.2, -0.15) is 0 Å². The molecule has 4 amide bonds. The van der Waals surface area contributed by atoms with Crippen LogP contribution in [0.1, 0.15) is 19.3 Å². The Morgan fingerprint density at radius 1 is 1.17 bits per heavy atom. The first-order chi connectivity index (χ1) is 11.6. The van der Waals surface area contributed by atoms with Gasteiger partial charge >= 0.3 is 12.0 Å². The summed E-state index contributed by atoms with van der Waals surface area (Å²) in [6, 6.07) is 8.44. The number of esters is 1. The van der Waals surface area contributed by atoms with Crippen LogP contribution in [0.2, 0.25) is 0 Å². The van der Waals surface area contributed by atoms with E-state index in [2.05, 4.69) is 10.6 Å². The van der Waals surface area contributed by atoms with Gasteiger partial charge in [-0.3, -0.25) is 19.3 Å². The number of likely N-dealkylation sites (tertiary alicyclic amines) is 1. The highest BCUT2D eigenvalue weighted by Gasteiger charge is 2.26. The Kier molecular flexibility index (Phi) is 6.30. The molecule has 0 atom stereocenters. The number of nitrogens with one attached hydrogen (secondary N) is 2. The highest BCUT2D eigenvalue weighted by Crippen LogP contribution is 2.09. The van der Waals surface area contributed by atoms with E-state index in [4.69, 9.17) is 4.74 Å². The summed E-state index contributed by atoms with van der Waals surface area (Å²) >= 11 is 0. The topological polar surface area (TPSA) is 105 Å². The molecular formula is C16H19N3O5. The van der Waals surface area contributed by atoms with Crippen molar-refractivity contribution >= 4 is 29.5 Å². The summed E-state index contributed by atoms with van der Waals surface area (Å²) in [7, 11) is 0. The van der Waals surface area contributed by atoms with E-state index in [1.807, 2.05) is 6.07 Å². The molecule has 8 heteroatoms. The zero-order valence-electron chi connectivity index (χ0n) is 13.1. The van der Waals surface area contributed by atoms with Gasteiger partial charge in [-0.25, -0.2) is 4.79 Å². The minimum absolute atomic E-state index is 0.0660. The predicted octanol–water partition coefficient (Wildman–Crippen LogP) is 0.890. The van der Waals surface area contributed by atoms with Gasteiger partial charge in [0.1, 0.15) is 0 Å². The second-order valence-corrected chi connectivity index (χ2v) is 5.20. The molecular weight excluding hydrogens is 314 g/mol. The SMILES string of the molecule is O=C(NCCC(=O)OCC(=O)N1CCCC1=O)Nc1ccccc1. The molecule has 1 fully saturated rings. The number of anilines is 1. The molecule has 0 saturated carbocycles. The lowest BCUT2D eigenvalue weighted by molar-refractivity contribution is -0.154. The summed E-state index contributed by atoms with van der Waals surface area (Å²) < 4.78 is 4.81. The number of urea groups is 1. The summed E-state index contributed by atoms with van der Waals surface area (Å²) in [5.74, 6) is -1.37. The molecule has 1 heterocycles. The molecule has 0 aromatic heterocycles. The quantitative estimate of drug-likeness (QED) is 0.752. The number of imide groups is 1. The first kappa shape index (κ1) is 17.5. The highest BCUT2D eigenvalue weighted by atomic mass is 16.5. The van der Waals surface area contributed by atoms with Crippen molar-refractivity contribution in [2.45, 2.75) is 19.3 Å². The van der Waals surface area contributed by atoms with Crippen LogP contribution in [-0.2, 0) is 19.1 Å². The van der Waals surface area contributed by atoms with E-state index < -0.39 is 24.5 Å². The number of hydrogen-bond donors (Lipinski definition) is 2. The van der Waals surface area contributed by atoms with E-state index in [-0.39, 0.29) is 18.9 Å². The van der Waals surface area contributed by atoms with Gasteiger partial charge in [0.25, 0.3) is 5.91 Å². The number of para-hydroxylation sites is 1. The molecule has 1 aliphatic rings. The van der Waals surface area contributed by atoms with Crippen molar-refractivity contribution in [1.82, 2.24) is 10.2 Å². The molecule has 2 N–H and O–H groups in total. The Morgan fingerprint density at radius 3 is 2.58 bits per heavy atom. The molecule has 24 heavy (non-hydrogen) atoms. The van der Waals surface area contributed by atoms with Crippen molar-refractivity contribution in [3.63, 3.8) is 0 Å². The zero-order valence-corrected chi connectivity index (χ0v) is 13.1. The second kappa shape index (κ2) is 8.66. The lowest BCUT2D eigenvalue weighted by Gasteiger charge is -2.13. The molecule has 128 valence electrons. The maximum Gasteiger partial charge on any atom is 0.319 e. The summed E-state index contributed by atoms with van der Waals surface area (Å²) in [5.41, 5.74) is 0.637. The van der Waals surface area contributed by atoms with Gasteiger partial charge in [0.05, 0.1) is 6.42 Å². The average molecular weight is 333 g/mol. The van der Waals surface area contributed by atoms with Crippen LogP contribution >= 0.6 is 0 Å². The van der Waals surface area contributed by atoms with Gasteiger partial charge in [0.2, 0.25) is 5.91 Å². The van der Waals surface area contributed by atoms with Gasteiger partial charge < -0.3 is 15.4 Å². The summed E-state index contributed by atoms with van der Waals surface area (Å²) in [4.78, 5) is 47.3. The molecule has 2 rings (SSSR count). The monoisotopic (exact) mass is 333 g/mol. The molecule has 0 spiro atoms. The average Bonchev–Trinajstić information content (AvgIpc) is 2.99. The molecule has 0 unspecified atom stereocenters. The third kappa shape index (κ3) is 5.38. The van der Waals surface area contributed by atoms with Gasteiger partial charge in [0.15, 0.2) is 6.61 Å². The minimum Gasteiger partial charge on any atom is -0.455 e. The van der Waals surface area contributed by atoms with E-state index in [0.717, 1.165) is 4.90 Å². The number of amides is 4. The number of rotatable bonds is 6. The second-order valence-electron chi connectivity index (χ2n) is 5.20. The Morgan fingerprint density at radius 2 is 1.92 bits per heavy atom. The maximum atomic E-state index is 11.7. The molecule has 0 bridgehead atoms. The van der Waals surface area contributed by atoms with Crippen LogP contribution in [0.4, 0.5) is 10.5 Å². The fraction of sp³-hybridized carbons (Fsp3) is 0.375. The Bertz CT molecular complexity index is 617. The third-order valence-electron chi connectivity index (χ3n) is 3.38. The van der Waals surface area contributed by atoms with Crippen LogP contribution in [0.5, 0.6) is 0 Å². The van der Waals surface area contributed by atoms with Crippen LogP contribution in [0.15, 0.2) is 30.3 Å². The fourth-order valence-corrected chi connectivity index (χ4v) is 2.18. The number of carbonyl (C=O) groups is 4. The molecule has 0 radical (unpaired) electrons. The molecule has 1 aromatic carbocycles. The van der Waals surface area contributed by atoms with Crippen molar-refractivity contribution in [2.75, 3.05) is 25.0 Å². The van der Waals surface area contributed by atoms with Gasteiger partial charge in [-0.05, 0) is 18.6 Å². The number of carbonyl (C=O) groups excluding carboxylic acids is 4. The molecule has 1 aliphatic heterocycles. The predicted molar refractivity (Wildman–Crippen MR) is 85.0 cm³/mol. The lowest BCUT2D eigenvalue weighted by atomic mass is 10.3. The molecule has 1 aromatic rings. The van der Waals surface area contributed by atoms with Crippen molar-refractivity contribution in [3.05, 3.63) is 30.3 Å². The maximum absolute atomic E-state index is 11.7. The normalized spacial score (nSPS) is 13.5. The standard InChI is InChI=1S/C16H19N3O5/c20-13-7-4-10-19(13)14(21)11-24-15(22)8-9-17-16(23)18-12-5-2-1-3-6-12/h1-3,5-6H,4,7-11H2,(H2,17,18,23). The molecule has 8 nitrogen and oxygen atoms in total. The number of nitrogens with zero attached hydrogens (tertiary/aromatic N) is 1. The van der Waals surface area contributed by atoms with Crippen LogP contribution < -0.4 is 10.6 Å². The third-order valence-corrected chi connectivity index (χ3v) is 3.38. The van der Waals surface area contributed by atoms with Crippen molar-refractivity contribution in [1.29, 1.82) is 0 Å². The zero-order chi connectivity index (χ0) is 17.4. The highest BCUT2D eigenvalue weighted by molar-refractivity contribution is 5.97. The van der Waals surface area contributed by atoms with Crippen LogP contribution in [0.25, 0.3) is 0 Å². The van der Waals surface area contributed by atoms with E-state index in [9.17, 15) is 19.2 Å². The Balaban J connectivity index is 1.60. The number of benzene rings is 1. The smallest absolute Gasteiger partial charge is 0.319 e. The summed E-state index contributed by atoms with van der Waals surface area (Å²) in [5, 5.41) is 5.12. The fourth-order valence-electron chi connectivity index (χ4n) is 2.18. The summed E-state index contributed by atoms with van der Waals surface area (Å²) in [6.45, 7) is -0.00838. The van der Waals surface area contributed by atoms with Gasteiger partial charge in [0, 0.05) is 25.2 Å². The molecule has 1 saturated heterocycles. The Hall–Kier alpha value is -2.90. The minimum atomic E-state index is -0.616. The summed E-state index contributed by atoms with van der Waals surface area (Å²) in [6.07, 6.45) is 0.919. The largest absolute Gasteiger partial charge is 0.455 e. The van der Waals surface area contributed by atoms with Crippen molar-refractivity contribution in [2.24, 2.45) is 0 Å². The van der Waals surface area contributed by atoms with E-state index in [1.54, 1.807) is 24.3 Å². The Labute approximate surface area is 139 Å². The van der Waals surface area contributed by atoms with E-state index in [0.29, 0.717) is 25.1 Å². The van der Waals surface area contributed by atoms with Crippen LogP contribution in [0, 0.1) is 0 Å². The first-order valence-electron chi connectivity index (χ1n) is 7.65. The first-order valence-corrected chi connectivity index (χ1v) is 7.65. The van der Waals surface area contributed by atoms with Crippen molar-refractivity contribution in [3.8, 4) is 0 Å². The van der Waals surface area contributed by atoms with E-state index in [1.165, 1.54) is 0 Å². The number of hydrogen-bond acceptors (Lipinski definition) is 5. The number of ether oxygens (including phenoxy) is 1. The molecule has 0 aliphatic carbocycles. The van der Waals surface area contributed by atoms with Crippen LogP contribution in [0.3, 0.4) is 0 Å². The van der Waals surface area contributed by atoms with Crippen molar-refractivity contribution < 1.29 is 23.9 Å².